The molecule has 4 nitrogen and oxygen atoms in total. The molecular formula is C14H23BrN2O2S2. The van der Waals surface area contributed by atoms with Crippen molar-refractivity contribution >= 4 is 37.3 Å². The summed E-state index contributed by atoms with van der Waals surface area (Å²) in [6.45, 7) is 4.88. The van der Waals surface area contributed by atoms with Crippen molar-refractivity contribution in [2.45, 2.75) is 49.3 Å². The number of likely N-dealkylation sites (tertiary alicyclic amines) is 1. The first-order valence-electron chi connectivity index (χ1n) is 7.52. The number of hydrogen-bond donors (Lipinski definition) is 1. The van der Waals surface area contributed by atoms with Crippen LogP contribution in [0.1, 0.15) is 39.0 Å². The van der Waals surface area contributed by atoms with Gasteiger partial charge >= 0.3 is 0 Å². The van der Waals surface area contributed by atoms with Crippen molar-refractivity contribution in [3.63, 3.8) is 0 Å². The van der Waals surface area contributed by atoms with Gasteiger partial charge in [0.1, 0.15) is 4.21 Å². The monoisotopic (exact) mass is 394 g/mol. The second-order valence-corrected chi connectivity index (χ2v) is 9.86. The number of rotatable bonds is 7. The molecule has 0 bridgehead atoms. The third kappa shape index (κ3) is 5.03. The molecule has 1 aliphatic rings. The van der Waals surface area contributed by atoms with Gasteiger partial charge in [-0.1, -0.05) is 13.3 Å². The smallest absolute Gasteiger partial charge is 0.250 e. The lowest BCUT2D eigenvalue weighted by Crippen LogP contribution is -2.40. The fourth-order valence-corrected chi connectivity index (χ4v) is 5.95. The molecule has 0 aromatic carbocycles. The zero-order chi connectivity index (χ0) is 15.3. The highest BCUT2D eigenvalue weighted by Crippen LogP contribution is 2.25. The molecule has 1 saturated heterocycles. The Bertz CT molecular complexity index is 545. The Kier molecular flexibility index (Phi) is 6.68. The van der Waals surface area contributed by atoms with Crippen molar-refractivity contribution in [2.75, 3.05) is 19.6 Å². The van der Waals surface area contributed by atoms with E-state index in [1.807, 2.05) is 0 Å². The lowest BCUT2D eigenvalue weighted by molar-refractivity contribution is 0.143. The highest BCUT2D eigenvalue weighted by Gasteiger charge is 2.20. The summed E-state index contributed by atoms with van der Waals surface area (Å²) in [5.41, 5.74) is 0. The largest absolute Gasteiger partial charge is 0.300 e. The molecule has 0 spiro atoms. The first-order valence-corrected chi connectivity index (χ1v) is 10.6. The molecule has 1 aromatic heterocycles. The standard InChI is InChI=1S/C14H23BrN2O2S2/c1-2-12-6-3-4-10-17(12)11-5-9-16-21(18,19)14-8-7-13(15)20-14/h7-8,12,16H,2-6,9-11H2,1H3. The Morgan fingerprint density at radius 3 is 2.90 bits per heavy atom. The van der Waals surface area contributed by atoms with Gasteiger partial charge < -0.3 is 4.90 Å². The third-order valence-corrected chi connectivity index (χ3v) is 7.52. The van der Waals surface area contributed by atoms with E-state index >= 15 is 0 Å². The summed E-state index contributed by atoms with van der Waals surface area (Å²) in [5.74, 6) is 0. The predicted octanol–water partition coefficient (Wildman–Crippen LogP) is 3.44. The first-order chi connectivity index (χ1) is 10.0. The van der Waals surface area contributed by atoms with E-state index in [0.29, 0.717) is 16.8 Å². The SMILES string of the molecule is CCC1CCCCN1CCCNS(=O)(=O)c1ccc(Br)s1. The van der Waals surface area contributed by atoms with Crippen molar-refractivity contribution in [3.8, 4) is 0 Å². The second kappa shape index (κ2) is 8.06. The Morgan fingerprint density at radius 2 is 2.24 bits per heavy atom. The van der Waals surface area contributed by atoms with Crippen molar-refractivity contribution < 1.29 is 8.42 Å². The van der Waals surface area contributed by atoms with Gasteiger partial charge in [-0.3, -0.25) is 0 Å². The summed E-state index contributed by atoms with van der Waals surface area (Å²) in [7, 11) is -3.34. The fraction of sp³-hybridized carbons (Fsp3) is 0.714. The van der Waals surface area contributed by atoms with Crippen molar-refractivity contribution in [3.05, 3.63) is 15.9 Å². The summed E-state index contributed by atoms with van der Waals surface area (Å²) in [6, 6.07) is 4.08. The van der Waals surface area contributed by atoms with Crippen LogP contribution in [-0.4, -0.2) is 39.0 Å². The molecule has 2 rings (SSSR count). The third-order valence-electron chi connectivity index (χ3n) is 3.95. The van der Waals surface area contributed by atoms with Gasteiger partial charge in [-0.25, -0.2) is 13.1 Å². The van der Waals surface area contributed by atoms with Gasteiger partial charge in [-0.05, 0) is 66.8 Å². The van der Waals surface area contributed by atoms with Gasteiger partial charge in [-0.2, -0.15) is 0 Å². The molecule has 7 heteroatoms. The van der Waals surface area contributed by atoms with Gasteiger partial charge in [0, 0.05) is 12.6 Å². The number of hydrogen-bond acceptors (Lipinski definition) is 4. The van der Waals surface area contributed by atoms with E-state index in [0.717, 1.165) is 23.3 Å². The average Bonchev–Trinajstić information content (AvgIpc) is 2.91. The molecule has 0 saturated carbocycles. The van der Waals surface area contributed by atoms with Crippen LogP contribution in [0, 0.1) is 0 Å². The summed E-state index contributed by atoms with van der Waals surface area (Å²) in [6.07, 6.45) is 5.93. The van der Waals surface area contributed by atoms with Crippen LogP contribution >= 0.6 is 27.3 Å². The maximum Gasteiger partial charge on any atom is 0.250 e. The van der Waals surface area contributed by atoms with Gasteiger partial charge in [0.25, 0.3) is 0 Å². The maximum absolute atomic E-state index is 12.1. The van der Waals surface area contributed by atoms with Crippen LogP contribution in [0.3, 0.4) is 0 Å². The molecule has 0 radical (unpaired) electrons. The summed E-state index contributed by atoms with van der Waals surface area (Å²) in [5, 5.41) is 0. The van der Waals surface area contributed by atoms with E-state index in [1.54, 1.807) is 12.1 Å². The molecule has 120 valence electrons. The zero-order valence-corrected chi connectivity index (χ0v) is 15.6. The van der Waals surface area contributed by atoms with Crippen LogP contribution in [0.5, 0.6) is 0 Å². The van der Waals surface area contributed by atoms with Crippen molar-refractivity contribution in [1.29, 1.82) is 0 Å². The quantitative estimate of drug-likeness (QED) is 0.720. The Morgan fingerprint density at radius 1 is 1.43 bits per heavy atom. The maximum atomic E-state index is 12.1. The average molecular weight is 395 g/mol. The number of nitrogens with zero attached hydrogens (tertiary/aromatic N) is 1. The summed E-state index contributed by atoms with van der Waals surface area (Å²) >= 11 is 4.53. The van der Waals surface area contributed by atoms with Crippen LogP contribution in [0.4, 0.5) is 0 Å². The number of nitrogens with one attached hydrogen (secondary N) is 1. The Balaban J connectivity index is 1.76. The molecule has 1 fully saturated rings. The molecule has 1 unspecified atom stereocenters. The molecule has 1 N–H and O–H groups in total. The molecule has 1 aliphatic heterocycles. The number of halogens is 1. The number of piperidine rings is 1. The van der Waals surface area contributed by atoms with E-state index in [-0.39, 0.29) is 0 Å². The lowest BCUT2D eigenvalue weighted by atomic mass is 10.00. The molecule has 1 atom stereocenters. The number of sulfonamides is 1. The van der Waals surface area contributed by atoms with E-state index in [4.69, 9.17) is 0 Å². The van der Waals surface area contributed by atoms with Crippen LogP contribution in [-0.2, 0) is 10.0 Å². The van der Waals surface area contributed by atoms with Gasteiger partial charge in [-0.15, -0.1) is 11.3 Å². The number of thiophene rings is 1. The van der Waals surface area contributed by atoms with Gasteiger partial charge in [0.2, 0.25) is 10.0 Å². The van der Waals surface area contributed by atoms with E-state index in [9.17, 15) is 8.42 Å². The second-order valence-electron chi connectivity index (χ2n) is 5.40. The van der Waals surface area contributed by atoms with E-state index < -0.39 is 10.0 Å². The summed E-state index contributed by atoms with van der Waals surface area (Å²) in [4.78, 5) is 2.51. The predicted molar refractivity (Wildman–Crippen MR) is 91.3 cm³/mol. The Hall–Kier alpha value is 0.0500. The highest BCUT2D eigenvalue weighted by atomic mass is 79.9. The minimum atomic E-state index is -3.34. The molecule has 0 aliphatic carbocycles. The van der Waals surface area contributed by atoms with Crippen LogP contribution < -0.4 is 4.72 Å². The first kappa shape index (κ1) is 17.4. The molecule has 2 heterocycles. The zero-order valence-electron chi connectivity index (χ0n) is 12.3. The van der Waals surface area contributed by atoms with Gasteiger partial charge in [0.15, 0.2) is 0 Å². The minimum absolute atomic E-state index is 0.374. The summed E-state index contributed by atoms with van der Waals surface area (Å²) < 4.78 is 28.1. The van der Waals surface area contributed by atoms with Crippen LogP contribution in [0.15, 0.2) is 20.1 Å². The van der Waals surface area contributed by atoms with Crippen molar-refractivity contribution in [1.82, 2.24) is 9.62 Å². The molecule has 21 heavy (non-hydrogen) atoms. The fourth-order valence-electron chi connectivity index (χ4n) is 2.82. The van der Waals surface area contributed by atoms with E-state index in [1.165, 1.54) is 37.0 Å². The molecular weight excluding hydrogens is 372 g/mol. The highest BCUT2D eigenvalue weighted by molar-refractivity contribution is 9.11. The minimum Gasteiger partial charge on any atom is -0.300 e. The Labute approximate surface area is 140 Å². The topological polar surface area (TPSA) is 49.4 Å². The van der Waals surface area contributed by atoms with Crippen LogP contribution in [0.25, 0.3) is 0 Å². The molecule has 1 aromatic rings. The van der Waals surface area contributed by atoms with E-state index in [2.05, 4.69) is 32.5 Å². The van der Waals surface area contributed by atoms with Crippen molar-refractivity contribution in [2.24, 2.45) is 0 Å². The molecule has 0 amide bonds. The van der Waals surface area contributed by atoms with Gasteiger partial charge in [0.05, 0.1) is 3.79 Å². The van der Waals surface area contributed by atoms with Crippen LogP contribution in [0.2, 0.25) is 0 Å². The normalized spacial score (nSPS) is 20.8. The lowest BCUT2D eigenvalue weighted by Gasteiger charge is -2.35.